The van der Waals surface area contributed by atoms with Gasteiger partial charge in [-0.15, -0.1) is 0 Å². The number of nitrogens with one attached hydrogen (secondary N) is 3. The van der Waals surface area contributed by atoms with E-state index in [1.165, 1.54) is 64.7 Å². The Balaban J connectivity index is 4.55. The topological polar surface area (TPSA) is 191 Å². The molecule has 0 aromatic heterocycles. The lowest BCUT2D eigenvalue weighted by molar-refractivity contribution is -0.144. The average molecular weight is 573 g/mol. The molecule has 0 aromatic rings. The van der Waals surface area contributed by atoms with Crippen molar-refractivity contribution in [2.24, 2.45) is 5.73 Å². The molecule has 8 N–H and O–H groups in total. The van der Waals surface area contributed by atoms with Crippen LogP contribution in [0.5, 0.6) is 0 Å². The Kier molecular flexibility index (Phi) is 23.2. The third-order valence-corrected chi connectivity index (χ3v) is 6.97. The largest absolute Gasteiger partial charge is 0.480 e. The van der Waals surface area contributed by atoms with Gasteiger partial charge in [0.2, 0.25) is 17.7 Å². The Morgan fingerprint density at radius 3 is 1.68 bits per heavy atom. The van der Waals surface area contributed by atoms with Crippen LogP contribution in [-0.4, -0.2) is 76.4 Å². The molecule has 0 aliphatic carbocycles. The molecule has 0 bridgehead atoms. The van der Waals surface area contributed by atoms with Gasteiger partial charge in [0, 0.05) is 6.42 Å². The normalized spacial score (nSPS) is 14.1. The van der Waals surface area contributed by atoms with Crippen LogP contribution in [0, 0.1) is 0 Å². The monoisotopic (exact) mass is 572 g/mol. The van der Waals surface area contributed by atoms with E-state index in [2.05, 4.69) is 22.9 Å². The molecule has 0 saturated heterocycles. The number of unbranched alkanes of at least 4 members (excludes halogenated alkanes) is 13. The molecule has 0 radical (unpaired) electrons. The van der Waals surface area contributed by atoms with Crippen LogP contribution < -0.4 is 21.7 Å². The van der Waals surface area contributed by atoms with Crippen molar-refractivity contribution in [2.75, 3.05) is 13.2 Å². The van der Waals surface area contributed by atoms with Crippen LogP contribution >= 0.6 is 0 Å². The number of aliphatic hydroxyl groups excluding tert-OH is 2. The van der Waals surface area contributed by atoms with E-state index in [1.54, 1.807) is 0 Å². The maximum Gasteiger partial charge on any atom is 0.328 e. The SMILES string of the molecule is CCCCCCCCCCCCCCCC(=O)N[C@@H](CCCCN)C(=O)N[C@H](C(=O)N[C@@H](CO)C(=O)O)[C@@H](C)O. The summed E-state index contributed by atoms with van der Waals surface area (Å²) in [4.78, 5) is 49.1. The zero-order valence-electron chi connectivity index (χ0n) is 24.8. The van der Waals surface area contributed by atoms with Gasteiger partial charge in [0.1, 0.15) is 18.1 Å². The minimum atomic E-state index is -1.58. The number of carbonyl (C=O) groups is 4. The van der Waals surface area contributed by atoms with E-state index in [-0.39, 0.29) is 12.3 Å². The summed E-state index contributed by atoms with van der Waals surface area (Å²) in [6.07, 6.45) is 16.1. The number of amides is 3. The number of nitrogens with two attached hydrogens (primary N) is 1. The number of hydrogen-bond donors (Lipinski definition) is 7. The molecule has 4 atom stereocenters. The van der Waals surface area contributed by atoms with Crippen molar-refractivity contribution < 1.29 is 34.5 Å². The van der Waals surface area contributed by atoms with Gasteiger partial charge in [-0.3, -0.25) is 14.4 Å². The van der Waals surface area contributed by atoms with Gasteiger partial charge < -0.3 is 37.0 Å². The zero-order chi connectivity index (χ0) is 30.2. The number of hydrogen-bond acceptors (Lipinski definition) is 7. The summed E-state index contributed by atoms with van der Waals surface area (Å²) in [5.74, 6) is -3.33. The molecule has 234 valence electrons. The van der Waals surface area contributed by atoms with Gasteiger partial charge >= 0.3 is 5.97 Å². The standard InChI is InChI=1S/C29H56N4O7/c1-3-4-5-6-7-8-9-10-11-12-13-14-15-19-25(36)31-23(18-16-17-20-30)27(37)33-26(22(2)35)28(38)32-24(21-34)29(39)40/h22-24,26,34-35H,3-21,30H2,1-2H3,(H,31,36)(H,32,38)(H,33,37)(H,39,40)/t22-,23+,24+,26+/m1/s1. The van der Waals surface area contributed by atoms with Crippen LogP contribution in [0.25, 0.3) is 0 Å². The van der Waals surface area contributed by atoms with Gasteiger partial charge in [0.15, 0.2) is 0 Å². The lowest BCUT2D eigenvalue weighted by Crippen LogP contribution is -2.59. The van der Waals surface area contributed by atoms with Crippen LogP contribution in [-0.2, 0) is 19.2 Å². The Labute approximate surface area is 240 Å². The van der Waals surface area contributed by atoms with Crippen molar-refractivity contribution in [1.29, 1.82) is 0 Å². The van der Waals surface area contributed by atoms with Crippen LogP contribution in [0.15, 0.2) is 0 Å². The second-order valence-corrected chi connectivity index (χ2v) is 10.7. The van der Waals surface area contributed by atoms with E-state index in [9.17, 15) is 24.3 Å². The molecule has 0 heterocycles. The number of carbonyl (C=O) groups excluding carboxylic acids is 3. The highest BCUT2D eigenvalue weighted by Crippen LogP contribution is 2.13. The second-order valence-electron chi connectivity index (χ2n) is 10.7. The second kappa shape index (κ2) is 24.5. The van der Waals surface area contributed by atoms with Crippen LogP contribution in [0.4, 0.5) is 0 Å². The van der Waals surface area contributed by atoms with Gasteiger partial charge in [0.05, 0.1) is 12.7 Å². The highest BCUT2D eigenvalue weighted by atomic mass is 16.4. The average Bonchev–Trinajstić information content (AvgIpc) is 2.91. The molecule has 0 fully saturated rings. The quantitative estimate of drug-likeness (QED) is 0.0769. The molecule has 11 nitrogen and oxygen atoms in total. The molecular formula is C29H56N4O7. The summed E-state index contributed by atoms with van der Waals surface area (Å²) in [7, 11) is 0. The van der Waals surface area contributed by atoms with Crippen LogP contribution in [0.1, 0.15) is 123 Å². The number of aliphatic carboxylic acids is 1. The minimum absolute atomic E-state index is 0.264. The molecule has 0 rings (SSSR count). The first-order valence-corrected chi connectivity index (χ1v) is 15.3. The van der Waals surface area contributed by atoms with Crippen molar-refractivity contribution >= 4 is 23.7 Å². The van der Waals surface area contributed by atoms with E-state index < -0.39 is 48.6 Å². The van der Waals surface area contributed by atoms with Gasteiger partial charge in [-0.25, -0.2) is 4.79 Å². The minimum Gasteiger partial charge on any atom is -0.480 e. The predicted octanol–water partition coefficient (Wildman–Crippen LogP) is 2.51. The fourth-order valence-corrected chi connectivity index (χ4v) is 4.44. The summed E-state index contributed by atoms with van der Waals surface area (Å²) in [5, 5.41) is 35.5. The molecule has 0 aliphatic rings. The van der Waals surface area contributed by atoms with Crippen molar-refractivity contribution in [2.45, 2.75) is 147 Å². The van der Waals surface area contributed by atoms with Crippen molar-refractivity contribution in [3.8, 4) is 0 Å². The summed E-state index contributed by atoms with van der Waals surface area (Å²) < 4.78 is 0. The number of carboxylic acid groups (broad SMARTS) is 1. The predicted molar refractivity (Wildman–Crippen MR) is 155 cm³/mol. The molecule has 11 heteroatoms. The molecule has 0 unspecified atom stereocenters. The van der Waals surface area contributed by atoms with Crippen molar-refractivity contribution in [3.63, 3.8) is 0 Å². The van der Waals surface area contributed by atoms with Gasteiger partial charge in [-0.2, -0.15) is 0 Å². The highest BCUT2D eigenvalue weighted by Gasteiger charge is 2.31. The van der Waals surface area contributed by atoms with E-state index >= 15 is 0 Å². The Morgan fingerprint density at radius 2 is 1.23 bits per heavy atom. The Bertz CT molecular complexity index is 706. The van der Waals surface area contributed by atoms with E-state index in [1.807, 2.05) is 0 Å². The summed E-state index contributed by atoms with van der Waals surface area (Å²) >= 11 is 0. The van der Waals surface area contributed by atoms with Gasteiger partial charge in [-0.05, 0) is 39.2 Å². The zero-order valence-corrected chi connectivity index (χ0v) is 24.8. The van der Waals surface area contributed by atoms with E-state index in [0.717, 1.165) is 25.7 Å². The van der Waals surface area contributed by atoms with Crippen LogP contribution in [0.3, 0.4) is 0 Å². The molecule has 0 aromatic carbocycles. The lowest BCUT2D eigenvalue weighted by Gasteiger charge is -2.25. The van der Waals surface area contributed by atoms with Gasteiger partial charge in [-0.1, -0.05) is 84.0 Å². The Morgan fingerprint density at radius 1 is 0.700 bits per heavy atom. The molecular weight excluding hydrogens is 516 g/mol. The first kappa shape index (κ1) is 37.8. The maximum atomic E-state index is 13.0. The molecule has 0 aliphatic heterocycles. The van der Waals surface area contributed by atoms with E-state index in [4.69, 9.17) is 15.9 Å². The van der Waals surface area contributed by atoms with Gasteiger partial charge in [0.25, 0.3) is 0 Å². The van der Waals surface area contributed by atoms with Crippen molar-refractivity contribution in [3.05, 3.63) is 0 Å². The molecule has 0 spiro atoms. The fraction of sp³-hybridized carbons (Fsp3) is 0.862. The summed E-state index contributed by atoms with van der Waals surface area (Å²) in [6, 6.07) is -3.97. The fourth-order valence-electron chi connectivity index (χ4n) is 4.44. The third kappa shape index (κ3) is 18.9. The third-order valence-electron chi connectivity index (χ3n) is 6.97. The number of carboxylic acids is 1. The van der Waals surface area contributed by atoms with Crippen LogP contribution in [0.2, 0.25) is 0 Å². The number of rotatable bonds is 26. The first-order valence-electron chi connectivity index (χ1n) is 15.3. The Hall–Kier alpha value is -2.24. The van der Waals surface area contributed by atoms with Crippen molar-refractivity contribution in [1.82, 2.24) is 16.0 Å². The number of aliphatic hydroxyl groups is 2. The molecule has 3 amide bonds. The molecule has 0 saturated carbocycles. The van der Waals surface area contributed by atoms with E-state index in [0.29, 0.717) is 25.8 Å². The lowest BCUT2D eigenvalue weighted by atomic mass is 10.0. The maximum absolute atomic E-state index is 13.0. The summed E-state index contributed by atoms with van der Waals surface area (Å²) in [5.41, 5.74) is 5.56. The first-order chi connectivity index (χ1) is 19.2. The highest BCUT2D eigenvalue weighted by molar-refractivity contribution is 5.93. The summed E-state index contributed by atoms with van der Waals surface area (Å²) in [6.45, 7) is 3.08. The smallest absolute Gasteiger partial charge is 0.328 e. The molecule has 40 heavy (non-hydrogen) atoms.